The maximum Gasteiger partial charge on any atom is 0.321 e. The Morgan fingerprint density at radius 2 is 1.97 bits per heavy atom. The van der Waals surface area contributed by atoms with Crippen LogP contribution in [0.25, 0.3) is 22.3 Å². The van der Waals surface area contributed by atoms with Crippen LogP contribution in [0.4, 0.5) is 4.79 Å². The van der Waals surface area contributed by atoms with Crippen molar-refractivity contribution in [3.63, 3.8) is 0 Å². The number of benzene rings is 1. The summed E-state index contributed by atoms with van der Waals surface area (Å²) < 4.78 is 2.12. The van der Waals surface area contributed by atoms with Gasteiger partial charge in [0.15, 0.2) is 11.0 Å². The lowest BCUT2D eigenvalue weighted by molar-refractivity contribution is -0.119. The first-order valence-electron chi connectivity index (χ1n) is 9.73. The molecule has 8 nitrogen and oxygen atoms in total. The molecule has 2 aromatic heterocycles. The highest BCUT2D eigenvalue weighted by Gasteiger charge is 2.32. The summed E-state index contributed by atoms with van der Waals surface area (Å²) in [5.41, 5.74) is 2.05. The van der Waals surface area contributed by atoms with Crippen molar-refractivity contribution in [2.75, 3.05) is 0 Å². The molecule has 0 unspecified atom stereocenters. The van der Waals surface area contributed by atoms with Gasteiger partial charge in [0, 0.05) is 34.7 Å². The molecular formula is C20H24N6O2S. The minimum absolute atomic E-state index is 0.0394. The number of urea groups is 1. The van der Waals surface area contributed by atoms with Gasteiger partial charge in [-0.25, -0.2) is 4.79 Å². The maximum absolute atomic E-state index is 12.4. The second-order valence-corrected chi connectivity index (χ2v) is 8.84. The molecule has 3 aromatic rings. The number of hydrogen-bond acceptors (Lipinski definition) is 5. The summed E-state index contributed by atoms with van der Waals surface area (Å²) in [7, 11) is 0. The van der Waals surface area contributed by atoms with Gasteiger partial charge in [-0.1, -0.05) is 30.0 Å². The smallest absolute Gasteiger partial charge is 0.321 e. The van der Waals surface area contributed by atoms with Crippen LogP contribution in [0.5, 0.6) is 0 Å². The Kier molecular flexibility index (Phi) is 5.31. The Morgan fingerprint density at radius 1 is 1.21 bits per heavy atom. The van der Waals surface area contributed by atoms with Crippen LogP contribution in [0.1, 0.15) is 39.7 Å². The van der Waals surface area contributed by atoms with Crippen molar-refractivity contribution in [2.45, 2.75) is 56.1 Å². The van der Waals surface area contributed by atoms with E-state index in [4.69, 9.17) is 0 Å². The fourth-order valence-corrected chi connectivity index (χ4v) is 4.10. The van der Waals surface area contributed by atoms with E-state index in [0.717, 1.165) is 35.1 Å². The number of fused-ring (bicyclic) bond motifs is 1. The first kappa shape index (κ1) is 19.5. The number of hydrogen-bond donors (Lipinski definition) is 3. The third-order valence-electron chi connectivity index (χ3n) is 4.71. The molecule has 4 rings (SSSR count). The summed E-state index contributed by atoms with van der Waals surface area (Å²) in [5.74, 6) is 0.449. The highest BCUT2D eigenvalue weighted by atomic mass is 32.2. The Labute approximate surface area is 172 Å². The van der Waals surface area contributed by atoms with E-state index in [1.54, 1.807) is 6.92 Å². The standard InChI is InChI=1S/C20H24N6O2S/c1-11(2)22-19(28)23-18(27)12(3)29-20-25-24-17(26(20)13-8-9-13)15-10-21-16-7-5-4-6-14(15)16/h4-7,10-13,21H,8-9H2,1-3H3,(H2,22,23,27,28)/t12-/m1/s1. The molecule has 1 aliphatic rings. The van der Waals surface area contributed by atoms with Gasteiger partial charge < -0.3 is 10.3 Å². The zero-order valence-corrected chi connectivity index (χ0v) is 17.4. The number of H-pyrrole nitrogens is 1. The topological polar surface area (TPSA) is 105 Å². The molecule has 0 aliphatic heterocycles. The number of imide groups is 1. The van der Waals surface area contributed by atoms with E-state index in [2.05, 4.69) is 36.4 Å². The minimum atomic E-state index is -0.486. The van der Waals surface area contributed by atoms with E-state index in [9.17, 15) is 9.59 Å². The van der Waals surface area contributed by atoms with Gasteiger partial charge in [-0.3, -0.25) is 14.7 Å². The molecule has 0 spiro atoms. The van der Waals surface area contributed by atoms with Crippen LogP contribution in [-0.4, -0.2) is 43.0 Å². The Morgan fingerprint density at radius 3 is 2.69 bits per heavy atom. The van der Waals surface area contributed by atoms with E-state index < -0.39 is 11.3 Å². The lowest BCUT2D eigenvalue weighted by atomic mass is 10.1. The van der Waals surface area contributed by atoms with Gasteiger partial charge in [0.25, 0.3) is 0 Å². The summed E-state index contributed by atoms with van der Waals surface area (Å²) in [5, 5.41) is 15.2. The van der Waals surface area contributed by atoms with Crippen molar-refractivity contribution in [1.29, 1.82) is 0 Å². The monoisotopic (exact) mass is 412 g/mol. The lowest BCUT2D eigenvalue weighted by Crippen LogP contribution is -2.45. The predicted octanol–water partition coefficient (Wildman–Crippen LogP) is 3.48. The van der Waals surface area contributed by atoms with Crippen LogP contribution in [0.15, 0.2) is 35.6 Å². The second kappa shape index (κ2) is 7.90. The summed E-state index contributed by atoms with van der Waals surface area (Å²) in [6.45, 7) is 5.44. The number of para-hydroxylation sites is 1. The van der Waals surface area contributed by atoms with Gasteiger partial charge in [-0.15, -0.1) is 10.2 Å². The first-order chi connectivity index (χ1) is 13.9. The zero-order chi connectivity index (χ0) is 20.5. The van der Waals surface area contributed by atoms with E-state index in [0.29, 0.717) is 11.2 Å². The number of carbonyl (C=O) groups excluding carboxylic acids is 2. The summed E-state index contributed by atoms with van der Waals surface area (Å²) in [4.78, 5) is 27.5. The molecule has 1 fully saturated rings. The normalized spacial score (nSPS) is 14.9. The summed E-state index contributed by atoms with van der Waals surface area (Å²) in [6, 6.07) is 7.90. The molecule has 3 N–H and O–H groups in total. The molecule has 9 heteroatoms. The molecular weight excluding hydrogens is 388 g/mol. The number of rotatable bonds is 6. The Hall–Kier alpha value is -2.81. The van der Waals surface area contributed by atoms with E-state index in [1.165, 1.54) is 11.8 Å². The number of aromatic nitrogens is 4. The van der Waals surface area contributed by atoms with Gasteiger partial charge >= 0.3 is 6.03 Å². The van der Waals surface area contributed by atoms with Crippen LogP contribution in [0.2, 0.25) is 0 Å². The summed E-state index contributed by atoms with van der Waals surface area (Å²) in [6.07, 6.45) is 4.09. The van der Waals surface area contributed by atoms with Crippen molar-refractivity contribution in [3.05, 3.63) is 30.5 Å². The van der Waals surface area contributed by atoms with Crippen LogP contribution in [-0.2, 0) is 4.79 Å². The van der Waals surface area contributed by atoms with Crippen molar-refractivity contribution >= 4 is 34.6 Å². The molecule has 0 saturated heterocycles. The lowest BCUT2D eigenvalue weighted by Gasteiger charge is -2.14. The highest BCUT2D eigenvalue weighted by molar-refractivity contribution is 8.00. The number of amides is 3. The number of aromatic amines is 1. The minimum Gasteiger partial charge on any atom is -0.360 e. The van der Waals surface area contributed by atoms with Gasteiger partial charge in [0.1, 0.15) is 0 Å². The van der Waals surface area contributed by atoms with Crippen molar-refractivity contribution in [3.8, 4) is 11.4 Å². The number of carbonyl (C=O) groups is 2. The molecule has 1 atom stereocenters. The molecule has 1 aromatic carbocycles. The molecule has 3 amide bonds. The molecule has 0 radical (unpaired) electrons. The molecule has 2 heterocycles. The molecule has 152 valence electrons. The Balaban J connectivity index is 1.56. The van der Waals surface area contributed by atoms with Crippen molar-refractivity contribution in [1.82, 2.24) is 30.4 Å². The molecule has 1 aliphatic carbocycles. The molecule has 29 heavy (non-hydrogen) atoms. The average molecular weight is 413 g/mol. The van der Waals surface area contributed by atoms with Gasteiger partial charge in [0.2, 0.25) is 5.91 Å². The second-order valence-electron chi connectivity index (χ2n) is 7.53. The SMILES string of the molecule is CC(C)NC(=O)NC(=O)[C@@H](C)Sc1nnc(-c2c[nH]c3ccccc23)n1C1CC1. The van der Waals surface area contributed by atoms with Crippen LogP contribution in [0.3, 0.4) is 0 Å². The van der Waals surface area contributed by atoms with Gasteiger partial charge in [-0.05, 0) is 39.7 Å². The predicted molar refractivity (Wildman–Crippen MR) is 113 cm³/mol. The quantitative estimate of drug-likeness (QED) is 0.538. The third kappa shape index (κ3) is 4.14. The number of nitrogens with one attached hydrogen (secondary N) is 3. The molecule has 0 bridgehead atoms. The maximum atomic E-state index is 12.4. The largest absolute Gasteiger partial charge is 0.360 e. The van der Waals surface area contributed by atoms with Gasteiger partial charge in [0.05, 0.1) is 5.25 Å². The third-order valence-corrected chi connectivity index (χ3v) is 5.77. The Bertz CT molecular complexity index is 1050. The van der Waals surface area contributed by atoms with Crippen molar-refractivity contribution in [2.24, 2.45) is 0 Å². The van der Waals surface area contributed by atoms with Crippen LogP contribution < -0.4 is 10.6 Å². The van der Waals surface area contributed by atoms with E-state index in [-0.39, 0.29) is 11.9 Å². The van der Waals surface area contributed by atoms with E-state index >= 15 is 0 Å². The van der Waals surface area contributed by atoms with Gasteiger partial charge in [-0.2, -0.15) is 0 Å². The fraction of sp³-hybridized carbons (Fsp3) is 0.400. The van der Waals surface area contributed by atoms with Crippen LogP contribution >= 0.6 is 11.8 Å². The zero-order valence-electron chi connectivity index (χ0n) is 16.6. The van der Waals surface area contributed by atoms with Crippen LogP contribution in [0, 0.1) is 0 Å². The number of nitrogens with zero attached hydrogens (tertiary/aromatic N) is 3. The summed E-state index contributed by atoms with van der Waals surface area (Å²) >= 11 is 1.32. The first-order valence-corrected chi connectivity index (χ1v) is 10.6. The van der Waals surface area contributed by atoms with E-state index in [1.807, 2.05) is 38.2 Å². The number of thioether (sulfide) groups is 1. The van der Waals surface area contributed by atoms with Crippen molar-refractivity contribution < 1.29 is 9.59 Å². The molecule has 1 saturated carbocycles. The fourth-order valence-electron chi connectivity index (χ4n) is 3.18. The average Bonchev–Trinajstić information content (AvgIpc) is 3.28. The highest BCUT2D eigenvalue weighted by Crippen LogP contribution is 2.42.